The number of hydrogen-bond acceptors (Lipinski definition) is 5. The van der Waals surface area contributed by atoms with E-state index in [1.807, 2.05) is 13.0 Å². The highest BCUT2D eigenvalue weighted by Gasteiger charge is 2.17. The van der Waals surface area contributed by atoms with E-state index in [0.29, 0.717) is 0 Å². The molecule has 0 bridgehead atoms. The molecule has 0 spiro atoms. The fourth-order valence-corrected chi connectivity index (χ4v) is 2.87. The van der Waals surface area contributed by atoms with Crippen LogP contribution in [-0.2, 0) is 0 Å². The Balaban J connectivity index is 1.75. The summed E-state index contributed by atoms with van der Waals surface area (Å²) < 4.78 is 0. The summed E-state index contributed by atoms with van der Waals surface area (Å²) in [5.41, 5.74) is 1.25. The van der Waals surface area contributed by atoms with Crippen molar-refractivity contribution < 1.29 is 0 Å². The summed E-state index contributed by atoms with van der Waals surface area (Å²) in [5, 5.41) is 3.50. The maximum Gasteiger partial charge on any atom is 0.134 e. The van der Waals surface area contributed by atoms with E-state index in [2.05, 4.69) is 69.4 Å². The van der Waals surface area contributed by atoms with Crippen LogP contribution in [0.4, 0.5) is 11.6 Å². The molecule has 1 unspecified atom stereocenters. The molecule has 1 aliphatic rings. The molecule has 1 saturated heterocycles. The third kappa shape index (κ3) is 3.99. The predicted molar refractivity (Wildman–Crippen MR) is 95.0 cm³/mol. The van der Waals surface area contributed by atoms with Crippen molar-refractivity contribution in [2.45, 2.75) is 19.9 Å². The predicted octanol–water partition coefficient (Wildman–Crippen LogP) is 2.71. The minimum atomic E-state index is 0.214. The van der Waals surface area contributed by atoms with Crippen LogP contribution in [0.3, 0.4) is 0 Å². The Labute approximate surface area is 138 Å². The molecule has 0 radical (unpaired) electrons. The maximum absolute atomic E-state index is 4.62. The van der Waals surface area contributed by atoms with Gasteiger partial charge in [0.15, 0.2) is 0 Å². The van der Waals surface area contributed by atoms with Gasteiger partial charge in [-0.3, -0.25) is 0 Å². The van der Waals surface area contributed by atoms with Crippen LogP contribution in [0, 0.1) is 6.92 Å². The number of piperazine rings is 1. The molecule has 2 heterocycles. The summed E-state index contributed by atoms with van der Waals surface area (Å²) in [6.45, 7) is 8.29. The number of anilines is 2. The highest BCUT2D eigenvalue weighted by Crippen LogP contribution is 2.21. The number of likely N-dealkylation sites (N-methyl/N-ethyl adjacent to an activating group) is 1. The van der Waals surface area contributed by atoms with Gasteiger partial charge in [-0.15, -0.1) is 0 Å². The van der Waals surface area contributed by atoms with Crippen LogP contribution in [-0.4, -0.2) is 48.1 Å². The van der Waals surface area contributed by atoms with Crippen LogP contribution >= 0.6 is 0 Å². The molecule has 1 fully saturated rings. The van der Waals surface area contributed by atoms with Crippen LogP contribution in [0.15, 0.2) is 36.4 Å². The zero-order valence-corrected chi connectivity index (χ0v) is 14.2. The molecule has 1 aromatic carbocycles. The van der Waals surface area contributed by atoms with Crippen molar-refractivity contribution >= 4 is 11.6 Å². The molecule has 0 amide bonds. The van der Waals surface area contributed by atoms with Gasteiger partial charge in [-0.25, -0.2) is 9.97 Å². The van der Waals surface area contributed by atoms with E-state index in [4.69, 9.17) is 0 Å². The molecule has 1 aliphatic heterocycles. The van der Waals surface area contributed by atoms with E-state index < -0.39 is 0 Å². The zero-order valence-electron chi connectivity index (χ0n) is 14.2. The van der Waals surface area contributed by atoms with E-state index in [0.717, 1.165) is 43.6 Å². The van der Waals surface area contributed by atoms with Gasteiger partial charge in [0.25, 0.3) is 0 Å². The Bertz CT molecular complexity index is 635. The van der Waals surface area contributed by atoms with E-state index in [1.165, 1.54) is 5.56 Å². The molecule has 1 aromatic heterocycles. The molecule has 0 aliphatic carbocycles. The van der Waals surface area contributed by atoms with Gasteiger partial charge < -0.3 is 15.1 Å². The molecule has 5 nitrogen and oxygen atoms in total. The van der Waals surface area contributed by atoms with Crippen molar-refractivity contribution in [3.05, 3.63) is 47.8 Å². The topological polar surface area (TPSA) is 44.3 Å². The van der Waals surface area contributed by atoms with E-state index >= 15 is 0 Å². The summed E-state index contributed by atoms with van der Waals surface area (Å²) in [7, 11) is 2.16. The van der Waals surface area contributed by atoms with E-state index in [9.17, 15) is 0 Å². The van der Waals surface area contributed by atoms with Gasteiger partial charge in [-0.1, -0.05) is 30.3 Å². The minimum Gasteiger partial charge on any atom is -0.363 e. The second kappa shape index (κ2) is 6.96. The molecule has 1 N–H and O–H groups in total. The number of benzene rings is 1. The standard InChI is InChI=1S/C18H25N5/c1-14(16-7-5-4-6-8-16)19-17-13-18(21-15(2)20-17)23-11-9-22(3)10-12-23/h4-8,13-14H,9-12H2,1-3H3,(H,19,20,21). The fourth-order valence-electron chi connectivity index (χ4n) is 2.87. The largest absolute Gasteiger partial charge is 0.363 e. The summed E-state index contributed by atoms with van der Waals surface area (Å²) in [4.78, 5) is 13.9. The summed E-state index contributed by atoms with van der Waals surface area (Å²) in [5.74, 6) is 2.72. The summed E-state index contributed by atoms with van der Waals surface area (Å²) in [6.07, 6.45) is 0. The molecule has 1 atom stereocenters. The Morgan fingerprint density at radius 1 is 1.04 bits per heavy atom. The highest BCUT2D eigenvalue weighted by molar-refractivity contribution is 5.50. The maximum atomic E-state index is 4.62. The lowest BCUT2D eigenvalue weighted by atomic mass is 10.1. The minimum absolute atomic E-state index is 0.214. The van der Waals surface area contributed by atoms with Crippen LogP contribution in [0.2, 0.25) is 0 Å². The first kappa shape index (κ1) is 15.7. The number of nitrogens with zero attached hydrogens (tertiary/aromatic N) is 4. The molecule has 0 saturated carbocycles. The van der Waals surface area contributed by atoms with Crippen molar-refractivity contribution in [1.29, 1.82) is 0 Å². The molecule has 5 heteroatoms. The van der Waals surface area contributed by atoms with Crippen LogP contribution in [0.25, 0.3) is 0 Å². The lowest BCUT2D eigenvalue weighted by Crippen LogP contribution is -2.44. The monoisotopic (exact) mass is 311 g/mol. The summed E-state index contributed by atoms with van der Waals surface area (Å²) in [6, 6.07) is 12.7. The smallest absolute Gasteiger partial charge is 0.134 e. The molecule has 2 aromatic rings. The quantitative estimate of drug-likeness (QED) is 0.940. The number of aryl methyl sites for hydroxylation is 1. The first-order chi connectivity index (χ1) is 11.1. The van der Waals surface area contributed by atoms with Gasteiger partial charge in [0.1, 0.15) is 17.5 Å². The molecule has 122 valence electrons. The van der Waals surface area contributed by atoms with Crippen LogP contribution in [0.1, 0.15) is 24.4 Å². The van der Waals surface area contributed by atoms with Gasteiger partial charge in [-0.2, -0.15) is 0 Å². The Morgan fingerprint density at radius 3 is 2.43 bits per heavy atom. The number of hydrogen-bond donors (Lipinski definition) is 1. The average molecular weight is 311 g/mol. The van der Waals surface area contributed by atoms with Crippen molar-refractivity contribution in [2.24, 2.45) is 0 Å². The molecule has 23 heavy (non-hydrogen) atoms. The number of rotatable bonds is 4. The number of aromatic nitrogens is 2. The van der Waals surface area contributed by atoms with Crippen molar-refractivity contribution in [3.63, 3.8) is 0 Å². The molecule has 3 rings (SSSR count). The van der Waals surface area contributed by atoms with E-state index in [1.54, 1.807) is 0 Å². The third-order valence-corrected chi connectivity index (χ3v) is 4.32. The summed E-state index contributed by atoms with van der Waals surface area (Å²) >= 11 is 0. The molecular formula is C18H25N5. The SMILES string of the molecule is Cc1nc(NC(C)c2ccccc2)cc(N2CCN(C)CC2)n1. The second-order valence-corrected chi connectivity index (χ2v) is 6.23. The average Bonchev–Trinajstić information content (AvgIpc) is 2.56. The fraction of sp³-hybridized carbons (Fsp3) is 0.444. The first-order valence-electron chi connectivity index (χ1n) is 8.22. The third-order valence-electron chi connectivity index (χ3n) is 4.32. The van der Waals surface area contributed by atoms with Crippen molar-refractivity contribution in [3.8, 4) is 0 Å². The van der Waals surface area contributed by atoms with Gasteiger partial charge in [0.05, 0.1) is 0 Å². The number of nitrogens with one attached hydrogen (secondary N) is 1. The second-order valence-electron chi connectivity index (χ2n) is 6.23. The normalized spacial score (nSPS) is 17.1. The van der Waals surface area contributed by atoms with Crippen LogP contribution in [0.5, 0.6) is 0 Å². The Hall–Kier alpha value is -2.14. The lowest BCUT2D eigenvalue weighted by Gasteiger charge is -2.33. The first-order valence-corrected chi connectivity index (χ1v) is 8.22. The van der Waals surface area contributed by atoms with Gasteiger partial charge >= 0.3 is 0 Å². The van der Waals surface area contributed by atoms with Gasteiger partial charge in [0, 0.05) is 38.3 Å². The Morgan fingerprint density at radius 2 is 1.74 bits per heavy atom. The van der Waals surface area contributed by atoms with Gasteiger partial charge in [-0.05, 0) is 26.5 Å². The van der Waals surface area contributed by atoms with Crippen LogP contribution < -0.4 is 10.2 Å². The van der Waals surface area contributed by atoms with Crippen molar-refractivity contribution in [2.75, 3.05) is 43.4 Å². The zero-order chi connectivity index (χ0) is 16.2. The highest BCUT2D eigenvalue weighted by atomic mass is 15.3. The molecular weight excluding hydrogens is 286 g/mol. The lowest BCUT2D eigenvalue weighted by molar-refractivity contribution is 0.312. The van der Waals surface area contributed by atoms with Gasteiger partial charge in [0.2, 0.25) is 0 Å². The Kier molecular flexibility index (Phi) is 4.76. The van der Waals surface area contributed by atoms with E-state index in [-0.39, 0.29) is 6.04 Å². The van der Waals surface area contributed by atoms with Crippen molar-refractivity contribution in [1.82, 2.24) is 14.9 Å².